The molecule has 2 N–H and O–H groups in total. The molecule has 0 fully saturated rings. The minimum absolute atomic E-state index is 0.0321. The van der Waals surface area contributed by atoms with Crippen LogP contribution in [-0.4, -0.2) is 26.0 Å². The van der Waals surface area contributed by atoms with E-state index in [4.69, 9.17) is 25.5 Å². The van der Waals surface area contributed by atoms with Crippen molar-refractivity contribution in [3.05, 3.63) is 35.0 Å². The number of rotatable bonds is 5. The molecule has 0 saturated carbocycles. The van der Waals surface area contributed by atoms with Gasteiger partial charge in [0.15, 0.2) is 11.6 Å². The third kappa shape index (κ3) is 3.95. The minimum atomic E-state index is -0.510. The van der Waals surface area contributed by atoms with Gasteiger partial charge in [-0.3, -0.25) is 14.9 Å². The van der Waals surface area contributed by atoms with E-state index in [0.29, 0.717) is 22.2 Å². The van der Waals surface area contributed by atoms with Crippen LogP contribution in [0.3, 0.4) is 0 Å². The summed E-state index contributed by atoms with van der Waals surface area (Å²) in [5.74, 6) is 0.173. The van der Waals surface area contributed by atoms with E-state index in [1.54, 1.807) is 0 Å². The Morgan fingerprint density at radius 1 is 1.09 bits per heavy atom. The summed E-state index contributed by atoms with van der Waals surface area (Å²) >= 11 is 6.01. The predicted molar refractivity (Wildman–Crippen MR) is 85.5 cm³/mol. The Kier molecular flexibility index (Phi) is 5.13. The van der Waals surface area contributed by atoms with Gasteiger partial charge in [0.2, 0.25) is 5.91 Å². The number of hydrogen-bond donors (Lipinski definition) is 2. The van der Waals surface area contributed by atoms with E-state index in [-0.39, 0.29) is 17.6 Å². The molecular formula is C15H15ClN2O5. The lowest BCUT2D eigenvalue weighted by Crippen LogP contribution is -2.12. The average molecular weight is 339 g/mol. The van der Waals surface area contributed by atoms with E-state index in [0.717, 1.165) is 0 Å². The van der Waals surface area contributed by atoms with Gasteiger partial charge in [0.05, 0.1) is 24.9 Å². The number of benzene rings is 1. The van der Waals surface area contributed by atoms with Crippen molar-refractivity contribution in [1.29, 1.82) is 0 Å². The monoisotopic (exact) mass is 338 g/mol. The van der Waals surface area contributed by atoms with Gasteiger partial charge in [0.25, 0.3) is 5.91 Å². The highest BCUT2D eigenvalue weighted by Gasteiger charge is 2.16. The van der Waals surface area contributed by atoms with Crippen LogP contribution in [-0.2, 0) is 4.79 Å². The summed E-state index contributed by atoms with van der Waals surface area (Å²) in [6, 6.07) is 5.99. The van der Waals surface area contributed by atoms with Crippen molar-refractivity contribution in [3.8, 4) is 11.5 Å². The zero-order valence-electron chi connectivity index (χ0n) is 12.7. The van der Waals surface area contributed by atoms with E-state index in [1.807, 2.05) is 0 Å². The van der Waals surface area contributed by atoms with Crippen LogP contribution in [0.25, 0.3) is 0 Å². The zero-order valence-corrected chi connectivity index (χ0v) is 13.5. The Morgan fingerprint density at radius 2 is 1.78 bits per heavy atom. The molecule has 0 aliphatic carbocycles. The normalized spacial score (nSPS) is 10.1. The minimum Gasteiger partial charge on any atom is -0.495 e. The van der Waals surface area contributed by atoms with Crippen molar-refractivity contribution < 1.29 is 23.5 Å². The molecule has 122 valence electrons. The van der Waals surface area contributed by atoms with Crippen LogP contribution >= 0.6 is 11.6 Å². The molecule has 1 aromatic heterocycles. The van der Waals surface area contributed by atoms with E-state index >= 15 is 0 Å². The van der Waals surface area contributed by atoms with Crippen LogP contribution in [0.15, 0.2) is 28.7 Å². The number of ether oxygens (including phenoxy) is 2. The lowest BCUT2D eigenvalue weighted by atomic mass is 10.2. The van der Waals surface area contributed by atoms with Crippen molar-refractivity contribution in [3.63, 3.8) is 0 Å². The number of nitrogens with one attached hydrogen (secondary N) is 2. The van der Waals surface area contributed by atoms with Gasteiger partial charge in [-0.1, -0.05) is 11.6 Å². The molecule has 0 unspecified atom stereocenters. The first kappa shape index (κ1) is 16.7. The van der Waals surface area contributed by atoms with E-state index in [9.17, 15) is 9.59 Å². The lowest BCUT2D eigenvalue weighted by Gasteiger charge is -2.12. The largest absolute Gasteiger partial charge is 0.495 e. The van der Waals surface area contributed by atoms with Crippen LogP contribution in [0.2, 0.25) is 5.02 Å². The smallest absolute Gasteiger partial charge is 0.291 e. The highest BCUT2D eigenvalue weighted by Crippen LogP contribution is 2.36. The van der Waals surface area contributed by atoms with Crippen LogP contribution < -0.4 is 20.1 Å². The van der Waals surface area contributed by atoms with Gasteiger partial charge in [-0.25, -0.2) is 0 Å². The van der Waals surface area contributed by atoms with Gasteiger partial charge >= 0.3 is 0 Å². The van der Waals surface area contributed by atoms with Crippen molar-refractivity contribution >= 4 is 35.0 Å². The number of methoxy groups -OCH3 is 2. The first-order valence-electron chi connectivity index (χ1n) is 6.55. The molecule has 0 radical (unpaired) electrons. The van der Waals surface area contributed by atoms with Gasteiger partial charge in [-0.15, -0.1) is 0 Å². The molecule has 1 aromatic carbocycles. The number of carbonyl (C=O) groups excluding carboxylic acids is 2. The lowest BCUT2D eigenvalue weighted by molar-refractivity contribution is -0.114. The molecule has 0 aliphatic heterocycles. The molecule has 0 spiro atoms. The fourth-order valence-corrected chi connectivity index (χ4v) is 2.07. The Balaban J connectivity index is 2.22. The molecule has 1 heterocycles. The van der Waals surface area contributed by atoms with Gasteiger partial charge < -0.3 is 19.2 Å². The van der Waals surface area contributed by atoms with Crippen LogP contribution in [0.4, 0.5) is 11.6 Å². The third-order valence-corrected chi connectivity index (χ3v) is 3.15. The summed E-state index contributed by atoms with van der Waals surface area (Å²) in [5, 5.41) is 5.44. The maximum Gasteiger partial charge on any atom is 0.291 e. The number of halogens is 1. The van der Waals surface area contributed by atoms with E-state index in [1.165, 1.54) is 45.4 Å². The zero-order chi connectivity index (χ0) is 17.0. The molecule has 7 nitrogen and oxygen atoms in total. The molecule has 2 amide bonds. The molecule has 8 heteroatoms. The van der Waals surface area contributed by atoms with Gasteiger partial charge in [0, 0.05) is 25.1 Å². The highest BCUT2D eigenvalue weighted by molar-refractivity contribution is 6.32. The van der Waals surface area contributed by atoms with Crippen LogP contribution in [0, 0.1) is 0 Å². The predicted octanol–water partition coefficient (Wildman–Crippen LogP) is 3.16. The Labute approximate surface area is 137 Å². The number of furan rings is 1. The van der Waals surface area contributed by atoms with E-state index < -0.39 is 5.91 Å². The topological polar surface area (TPSA) is 89.8 Å². The fraction of sp³-hybridized carbons (Fsp3) is 0.200. The standard InChI is InChI=1S/C15H15ClN2O5/c1-8(19)17-14-5-4-11(23-14)15(20)18-10-7-12(21-2)9(16)6-13(10)22-3/h4-7H,1-3H3,(H,17,19)(H,18,20). The number of amides is 2. The number of hydrogen-bond acceptors (Lipinski definition) is 5. The Bertz CT molecular complexity index is 741. The second-order valence-corrected chi connectivity index (χ2v) is 4.89. The Morgan fingerprint density at radius 3 is 2.39 bits per heavy atom. The SMILES string of the molecule is COc1cc(NC(=O)c2ccc(NC(C)=O)o2)c(OC)cc1Cl. The first-order valence-corrected chi connectivity index (χ1v) is 6.92. The average Bonchev–Trinajstić information content (AvgIpc) is 2.96. The molecule has 2 aromatic rings. The highest BCUT2D eigenvalue weighted by atomic mass is 35.5. The quantitative estimate of drug-likeness (QED) is 0.874. The van der Waals surface area contributed by atoms with Crippen molar-refractivity contribution in [2.45, 2.75) is 6.92 Å². The molecule has 0 aliphatic rings. The molecule has 0 saturated heterocycles. The van der Waals surface area contributed by atoms with Crippen LogP contribution in [0.5, 0.6) is 11.5 Å². The molecule has 0 bridgehead atoms. The number of carbonyl (C=O) groups is 2. The summed E-state index contributed by atoms with van der Waals surface area (Å²) in [4.78, 5) is 23.2. The maximum absolute atomic E-state index is 12.2. The summed E-state index contributed by atoms with van der Waals surface area (Å²) in [6.07, 6.45) is 0. The maximum atomic E-state index is 12.2. The third-order valence-electron chi connectivity index (χ3n) is 2.85. The first-order chi connectivity index (χ1) is 10.9. The second kappa shape index (κ2) is 7.06. The van der Waals surface area contributed by atoms with Gasteiger partial charge in [-0.05, 0) is 6.07 Å². The van der Waals surface area contributed by atoms with Crippen molar-refractivity contribution in [1.82, 2.24) is 0 Å². The second-order valence-electron chi connectivity index (χ2n) is 4.49. The molecular weight excluding hydrogens is 324 g/mol. The summed E-state index contributed by atoms with van der Waals surface area (Å²) in [7, 11) is 2.92. The van der Waals surface area contributed by atoms with Gasteiger partial charge in [-0.2, -0.15) is 0 Å². The number of anilines is 2. The van der Waals surface area contributed by atoms with Crippen molar-refractivity contribution in [2.24, 2.45) is 0 Å². The summed E-state index contributed by atoms with van der Waals surface area (Å²) in [6.45, 7) is 1.34. The van der Waals surface area contributed by atoms with Crippen LogP contribution in [0.1, 0.15) is 17.5 Å². The summed E-state index contributed by atoms with van der Waals surface area (Å²) < 4.78 is 15.5. The fourth-order valence-electron chi connectivity index (χ4n) is 1.84. The summed E-state index contributed by atoms with van der Waals surface area (Å²) in [5.41, 5.74) is 0.372. The van der Waals surface area contributed by atoms with Crippen molar-refractivity contribution in [2.75, 3.05) is 24.9 Å². The Hall–Kier alpha value is -2.67. The molecule has 23 heavy (non-hydrogen) atoms. The molecule has 0 atom stereocenters. The van der Waals surface area contributed by atoms with E-state index in [2.05, 4.69) is 10.6 Å². The molecule has 2 rings (SSSR count). The van der Waals surface area contributed by atoms with Gasteiger partial charge in [0.1, 0.15) is 11.5 Å².